The van der Waals surface area contributed by atoms with Crippen molar-refractivity contribution in [1.29, 1.82) is 5.26 Å². The molecule has 7 nitrogen and oxygen atoms in total. The molecule has 0 aromatic heterocycles. The minimum absolute atomic E-state index is 0.124. The van der Waals surface area contributed by atoms with Crippen LogP contribution in [0.2, 0.25) is 5.04 Å². The third kappa shape index (κ3) is 6.40. The summed E-state index contributed by atoms with van der Waals surface area (Å²) >= 11 is 0. The lowest BCUT2D eigenvalue weighted by molar-refractivity contribution is -0.116. The molecule has 0 saturated carbocycles. The first-order valence-corrected chi connectivity index (χ1v) is 15.4. The lowest BCUT2D eigenvalue weighted by Gasteiger charge is -2.43. The average Bonchev–Trinajstić information content (AvgIpc) is 2.95. The van der Waals surface area contributed by atoms with Gasteiger partial charge in [-0.15, -0.1) is 0 Å². The predicted octanol–water partition coefficient (Wildman–Crippen LogP) is 4.28. The van der Waals surface area contributed by atoms with Gasteiger partial charge in [0.2, 0.25) is 0 Å². The normalized spacial score (nSPS) is 15.5. The number of hydrogen-bond acceptors (Lipinski definition) is 6. The largest absolute Gasteiger partial charge is 0.491 e. The fourth-order valence-electron chi connectivity index (χ4n) is 5.30. The molecule has 1 aliphatic rings. The zero-order valence-electron chi connectivity index (χ0n) is 23.8. The minimum Gasteiger partial charge on any atom is -0.491 e. The Morgan fingerprint density at radius 3 is 2.20 bits per heavy atom. The second-order valence-corrected chi connectivity index (χ2v) is 15.2. The Morgan fingerprint density at radius 2 is 1.66 bits per heavy atom. The van der Waals surface area contributed by atoms with Crippen LogP contribution in [0.5, 0.6) is 5.75 Å². The molecule has 0 aliphatic carbocycles. The van der Waals surface area contributed by atoms with Crippen LogP contribution in [0.4, 0.5) is 4.39 Å². The van der Waals surface area contributed by atoms with Crippen LogP contribution in [-0.2, 0) is 15.8 Å². The van der Waals surface area contributed by atoms with Crippen molar-refractivity contribution in [1.82, 2.24) is 4.90 Å². The van der Waals surface area contributed by atoms with Gasteiger partial charge in [0.25, 0.3) is 14.2 Å². The molecule has 0 spiro atoms. The van der Waals surface area contributed by atoms with Gasteiger partial charge in [-0.1, -0.05) is 87.5 Å². The molecule has 2 N–H and O–H groups in total. The van der Waals surface area contributed by atoms with Gasteiger partial charge in [-0.25, -0.2) is 9.38 Å². The summed E-state index contributed by atoms with van der Waals surface area (Å²) in [7, 11) is -2.75. The third-order valence-corrected chi connectivity index (χ3v) is 12.2. The maximum absolute atomic E-state index is 14.3. The summed E-state index contributed by atoms with van der Waals surface area (Å²) in [6, 6.07) is 26.9. The maximum atomic E-state index is 14.3. The molecule has 212 valence electrons. The molecule has 0 bridgehead atoms. The van der Waals surface area contributed by atoms with Crippen LogP contribution in [0.15, 0.2) is 95.6 Å². The van der Waals surface area contributed by atoms with Crippen LogP contribution < -0.4 is 20.8 Å². The molecule has 9 heteroatoms. The predicted molar refractivity (Wildman–Crippen MR) is 161 cm³/mol. The minimum atomic E-state index is -2.75. The van der Waals surface area contributed by atoms with Crippen molar-refractivity contribution in [2.75, 3.05) is 13.2 Å². The molecule has 3 aromatic rings. The number of rotatable bonds is 10. The number of carbonyl (C=O) groups is 1. The molecular weight excluding hydrogens is 535 g/mol. The van der Waals surface area contributed by atoms with E-state index in [0.29, 0.717) is 11.3 Å². The lowest BCUT2D eigenvalue weighted by atomic mass is 10.1. The van der Waals surface area contributed by atoms with Crippen LogP contribution in [0.3, 0.4) is 0 Å². The van der Waals surface area contributed by atoms with E-state index in [4.69, 9.17) is 14.9 Å². The van der Waals surface area contributed by atoms with Gasteiger partial charge in [0.15, 0.2) is 0 Å². The molecule has 4 rings (SSSR count). The Morgan fingerprint density at radius 1 is 1.05 bits per heavy atom. The number of aliphatic imine (C=N–C) groups is 1. The Balaban J connectivity index is 1.57. The first kappa shape index (κ1) is 29.7. The van der Waals surface area contributed by atoms with E-state index in [1.165, 1.54) is 18.2 Å². The van der Waals surface area contributed by atoms with Crippen molar-refractivity contribution >= 4 is 30.3 Å². The van der Waals surface area contributed by atoms with Crippen LogP contribution >= 0.6 is 0 Å². The molecule has 0 radical (unpaired) electrons. The number of nitrogens with two attached hydrogens (primary N) is 1. The Labute approximate surface area is 241 Å². The van der Waals surface area contributed by atoms with Crippen LogP contribution in [-0.4, -0.2) is 44.2 Å². The summed E-state index contributed by atoms with van der Waals surface area (Å²) in [6.45, 7) is 9.02. The molecule has 1 unspecified atom stereocenters. The SMILES string of the molecule is CC1N=C(C#N)C=C(C(N)=O)N1Cc1ccc(F)cc1OCCO[Si](c1ccccc1)(c1ccccc1)C(C)(C)C. The van der Waals surface area contributed by atoms with Crippen molar-refractivity contribution in [2.45, 2.75) is 45.4 Å². The number of halogens is 1. The summed E-state index contributed by atoms with van der Waals surface area (Å²) in [5.41, 5.74) is 6.54. The van der Waals surface area contributed by atoms with Crippen molar-refractivity contribution in [3.63, 3.8) is 0 Å². The first-order chi connectivity index (χ1) is 19.6. The summed E-state index contributed by atoms with van der Waals surface area (Å²) in [5, 5.41) is 11.4. The number of carbonyl (C=O) groups excluding carboxylic acids is 1. The number of amides is 1. The highest BCUT2D eigenvalue weighted by atomic mass is 28.4. The van der Waals surface area contributed by atoms with Gasteiger partial charge in [0, 0.05) is 24.3 Å². The summed E-state index contributed by atoms with van der Waals surface area (Å²) in [6.07, 6.45) is 0.845. The molecule has 3 aromatic carbocycles. The molecule has 41 heavy (non-hydrogen) atoms. The summed E-state index contributed by atoms with van der Waals surface area (Å²) in [4.78, 5) is 18.1. The fourth-order valence-corrected chi connectivity index (χ4v) is 9.84. The van der Waals surface area contributed by atoms with Gasteiger partial charge < -0.3 is 19.8 Å². The lowest BCUT2D eigenvalue weighted by Crippen LogP contribution is -2.66. The van der Waals surface area contributed by atoms with E-state index < -0.39 is 26.2 Å². The Kier molecular flexibility index (Phi) is 9.06. The number of nitrogens with zero attached hydrogens (tertiary/aromatic N) is 3. The van der Waals surface area contributed by atoms with E-state index in [9.17, 15) is 14.4 Å². The van der Waals surface area contributed by atoms with Crippen molar-refractivity contribution in [3.05, 3.63) is 102 Å². The average molecular weight is 571 g/mol. The maximum Gasteiger partial charge on any atom is 0.265 e. The van der Waals surface area contributed by atoms with Crippen molar-refractivity contribution in [2.24, 2.45) is 10.7 Å². The monoisotopic (exact) mass is 570 g/mol. The fraction of sp³-hybridized carbons (Fsp3) is 0.281. The van der Waals surface area contributed by atoms with E-state index in [1.54, 1.807) is 17.9 Å². The quantitative estimate of drug-likeness (QED) is 0.290. The highest BCUT2D eigenvalue weighted by molar-refractivity contribution is 6.99. The van der Waals surface area contributed by atoms with Gasteiger partial charge in [-0.05, 0) is 28.4 Å². The molecule has 1 atom stereocenters. The molecule has 0 fully saturated rings. The smallest absolute Gasteiger partial charge is 0.265 e. The number of benzene rings is 3. The summed E-state index contributed by atoms with van der Waals surface area (Å²) in [5.74, 6) is -0.788. The van der Waals surface area contributed by atoms with Crippen LogP contribution in [0.25, 0.3) is 0 Å². The molecule has 0 saturated heterocycles. The molecular formula is C32H35FN4O3Si. The van der Waals surface area contributed by atoms with E-state index in [2.05, 4.69) is 50.0 Å². The molecule has 1 heterocycles. The van der Waals surface area contributed by atoms with Gasteiger partial charge in [-0.2, -0.15) is 5.26 Å². The van der Waals surface area contributed by atoms with E-state index in [0.717, 1.165) is 10.4 Å². The molecule has 1 amide bonds. The second-order valence-electron chi connectivity index (χ2n) is 10.9. The zero-order chi connectivity index (χ0) is 29.6. The Hall–Kier alpha value is -4.26. The van der Waals surface area contributed by atoms with Crippen LogP contribution in [0, 0.1) is 17.1 Å². The van der Waals surface area contributed by atoms with Gasteiger partial charge >= 0.3 is 0 Å². The molecule has 1 aliphatic heterocycles. The van der Waals surface area contributed by atoms with E-state index in [1.807, 2.05) is 42.5 Å². The topological polar surface area (TPSA) is 101 Å². The number of allylic oxidation sites excluding steroid dienone is 1. The van der Waals surface area contributed by atoms with Gasteiger partial charge in [-0.3, -0.25) is 4.79 Å². The standard InChI is InChI=1S/C32H35FN4O3Si/c1-23-36-26(21-34)20-29(31(35)38)37(23)22-24-15-16-25(33)19-30(24)39-17-18-40-41(32(2,3)4,27-11-7-5-8-12-27)28-13-9-6-10-14-28/h5-16,19-20,23H,17-18,22H2,1-4H3,(H2,35,38). The number of primary amides is 1. The second kappa shape index (κ2) is 12.5. The Bertz CT molecular complexity index is 1440. The van der Waals surface area contributed by atoms with E-state index >= 15 is 0 Å². The third-order valence-electron chi connectivity index (χ3n) is 7.17. The first-order valence-electron chi connectivity index (χ1n) is 13.5. The zero-order valence-corrected chi connectivity index (χ0v) is 24.8. The van der Waals surface area contributed by atoms with Crippen LogP contribution in [0.1, 0.15) is 33.3 Å². The van der Waals surface area contributed by atoms with Gasteiger partial charge in [0.1, 0.15) is 41.8 Å². The number of hydrogen-bond donors (Lipinski definition) is 1. The van der Waals surface area contributed by atoms with Crippen molar-refractivity contribution in [3.8, 4) is 11.8 Å². The van der Waals surface area contributed by atoms with E-state index in [-0.39, 0.29) is 36.2 Å². The van der Waals surface area contributed by atoms with Gasteiger partial charge in [0.05, 0.1) is 6.61 Å². The number of nitriles is 1. The summed E-state index contributed by atoms with van der Waals surface area (Å²) < 4.78 is 27.3. The highest BCUT2D eigenvalue weighted by Crippen LogP contribution is 2.36. The van der Waals surface area contributed by atoms with Crippen molar-refractivity contribution < 1.29 is 18.3 Å². The highest BCUT2D eigenvalue weighted by Gasteiger charge is 2.50. The number of ether oxygens (including phenoxy) is 1.